The summed E-state index contributed by atoms with van der Waals surface area (Å²) in [4.78, 5) is 14.7. The lowest BCUT2D eigenvalue weighted by Gasteiger charge is -2.19. The molecule has 1 aliphatic heterocycles. The summed E-state index contributed by atoms with van der Waals surface area (Å²) in [5.41, 5.74) is 5.13. The molecule has 122 valence electrons. The molecule has 0 spiro atoms. The Kier molecular flexibility index (Phi) is 3.62. The summed E-state index contributed by atoms with van der Waals surface area (Å²) in [6, 6.07) is 22.7. The Bertz CT molecular complexity index is 973. The molecule has 3 aromatic rings. The molecule has 4 rings (SSSR count). The van der Waals surface area contributed by atoms with Crippen molar-refractivity contribution in [1.29, 1.82) is 0 Å². The van der Waals surface area contributed by atoms with E-state index in [4.69, 9.17) is 0 Å². The first-order chi connectivity index (χ1) is 12.1. The maximum atomic E-state index is 13.0. The average Bonchev–Trinajstić information content (AvgIpc) is 2.88. The molecule has 0 bridgehead atoms. The number of hydrogen-bond donors (Lipinski definition) is 1. The standard InChI is InChI=1S/C22H17NO2/c1-15-7-9-17(10-8-15)23-21(13-16-5-3-2-4-6-16)19-12-11-18(24)14-20(19)22(23)25/h2-14,24H,1H3/b21-13-. The molecule has 0 aliphatic carbocycles. The van der Waals surface area contributed by atoms with Crippen LogP contribution in [0, 0.1) is 6.92 Å². The zero-order chi connectivity index (χ0) is 17.4. The van der Waals surface area contributed by atoms with Gasteiger partial charge in [-0.1, -0.05) is 48.0 Å². The molecule has 0 atom stereocenters. The van der Waals surface area contributed by atoms with E-state index in [1.54, 1.807) is 17.0 Å². The van der Waals surface area contributed by atoms with Crippen molar-refractivity contribution in [3.8, 4) is 5.75 Å². The SMILES string of the molecule is Cc1ccc(N2C(=O)c3cc(O)ccc3/C2=C/c2ccccc2)cc1. The fraction of sp³-hybridized carbons (Fsp3) is 0.0455. The Hall–Kier alpha value is -3.33. The van der Waals surface area contributed by atoms with Crippen molar-refractivity contribution in [3.63, 3.8) is 0 Å². The third-order valence-corrected chi connectivity index (χ3v) is 4.35. The van der Waals surface area contributed by atoms with Crippen LogP contribution in [0.3, 0.4) is 0 Å². The van der Waals surface area contributed by atoms with Crippen molar-refractivity contribution in [2.75, 3.05) is 4.90 Å². The van der Waals surface area contributed by atoms with E-state index < -0.39 is 0 Å². The number of fused-ring (bicyclic) bond motifs is 1. The van der Waals surface area contributed by atoms with Crippen LogP contribution in [0.1, 0.15) is 27.0 Å². The van der Waals surface area contributed by atoms with Crippen LogP contribution < -0.4 is 4.90 Å². The Morgan fingerprint density at radius 3 is 2.32 bits per heavy atom. The molecule has 3 nitrogen and oxygen atoms in total. The highest BCUT2D eigenvalue weighted by Crippen LogP contribution is 2.39. The predicted octanol–water partition coefficient (Wildman–Crippen LogP) is 4.86. The summed E-state index contributed by atoms with van der Waals surface area (Å²) in [6.45, 7) is 2.02. The lowest BCUT2D eigenvalue weighted by atomic mass is 10.1. The van der Waals surface area contributed by atoms with E-state index in [-0.39, 0.29) is 11.7 Å². The summed E-state index contributed by atoms with van der Waals surface area (Å²) in [5.74, 6) is -0.0335. The van der Waals surface area contributed by atoms with Gasteiger partial charge in [-0.25, -0.2) is 0 Å². The molecule has 0 saturated heterocycles. The predicted molar refractivity (Wildman–Crippen MR) is 100 cm³/mol. The monoisotopic (exact) mass is 327 g/mol. The number of benzene rings is 3. The molecular weight excluding hydrogens is 310 g/mol. The number of hydrogen-bond acceptors (Lipinski definition) is 2. The van der Waals surface area contributed by atoms with E-state index in [2.05, 4.69) is 0 Å². The van der Waals surface area contributed by atoms with Gasteiger partial charge in [0, 0.05) is 11.3 Å². The third kappa shape index (κ3) is 2.70. The molecule has 0 radical (unpaired) electrons. The number of phenols is 1. The molecule has 0 unspecified atom stereocenters. The fourth-order valence-electron chi connectivity index (χ4n) is 3.08. The van der Waals surface area contributed by atoms with Crippen molar-refractivity contribution in [2.45, 2.75) is 6.92 Å². The maximum absolute atomic E-state index is 13.0. The quantitative estimate of drug-likeness (QED) is 0.730. The second-order valence-corrected chi connectivity index (χ2v) is 6.15. The molecule has 3 aromatic carbocycles. The number of aryl methyl sites for hydroxylation is 1. The van der Waals surface area contributed by atoms with Crippen LogP contribution in [0.2, 0.25) is 0 Å². The van der Waals surface area contributed by atoms with Crippen molar-refractivity contribution in [2.24, 2.45) is 0 Å². The minimum atomic E-state index is -0.128. The van der Waals surface area contributed by atoms with Crippen LogP contribution in [-0.4, -0.2) is 11.0 Å². The molecule has 1 heterocycles. The van der Waals surface area contributed by atoms with Gasteiger partial charge in [0.25, 0.3) is 5.91 Å². The highest BCUT2D eigenvalue weighted by Gasteiger charge is 2.33. The summed E-state index contributed by atoms with van der Waals surface area (Å²) >= 11 is 0. The molecule has 3 heteroatoms. The molecule has 1 amide bonds. The fourth-order valence-corrected chi connectivity index (χ4v) is 3.08. The van der Waals surface area contributed by atoms with E-state index in [9.17, 15) is 9.90 Å². The number of carbonyl (C=O) groups is 1. The van der Waals surface area contributed by atoms with Crippen molar-refractivity contribution in [3.05, 3.63) is 95.1 Å². The van der Waals surface area contributed by atoms with Crippen LogP contribution in [0.25, 0.3) is 11.8 Å². The second kappa shape index (κ2) is 5.95. The first-order valence-electron chi connectivity index (χ1n) is 8.15. The van der Waals surface area contributed by atoms with E-state index >= 15 is 0 Å². The van der Waals surface area contributed by atoms with Gasteiger partial charge in [0.1, 0.15) is 5.75 Å². The van der Waals surface area contributed by atoms with Crippen molar-refractivity contribution in [1.82, 2.24) is 0 Å². The van der Waals surface area contributed by atoms with Gasteiger partial charge >= 0.3 is 0 Å². The van der Waals surface area contributed by atoms with Crippen LogP contribution >= 0.6 is 0 Å². The van der Waals surface area contributed by atoms with Gasteiger partial charge in [-0.05, 0) is 48.9 Å². The second-order valence-electron chi connectivity index (χ2n) is 6.15. The van der Waals surface area contributed by atoms with Crippen molar-refractivity contribution >= 4 is 23.4 Å². The maximum Gasteiger partial charge on any atom is 0.263 e. The Morgan fingerprint density at radius 1 is 0.880 bits per heavy atom. The number of aromatic hydroxyl groups is 1. The minimum Gasteiger partial charge on any atom is -0.508 e. The smallest absolute Gasteiger partial charge is 0.263 e. The number of anilines is 1. The molecule has 0 aromatic heterocycles. The largest absolute Gasteiger partial charge is 0.508 e. The van der Waals surface area contributed by atoms with Gasteiger partial charge in [0.2, 0.25) is 0 Å². The van der Waals surface area contributed by atoms with E-state index in [0.717, 1.165) is 28.1 Å². The highest BCUT2D eigenvalue weighted by molar-refractivity contribution is 6.24. The number of phenolic OH excluding ortho intramolecular Hbond substituents is 1. The van der Waals surface area contributed by atoms with E-state index in [1.165, 1.54) is 6.07 Å². The lowest BCUT2D eigenvalue weighted by molar-refractivity contribution is 0.101. The summed E-state index contributed by atoms with van der Waals surface area (Å²) in [5, 5.41) is 9.79. The summed E-state index contributed by atoms with van der Waals surface area (Å²) < 4.78 is 0. The van der Waals surface area contributed by atoms with Gasteiger partial charge in [-0.15, -0.1) is 0 Å². The van der Waals surface area contributed by atoms with E-state index in [0.29, 0.717) is 5.56 Å². The van der Waals surface area contributed by atoms with Gasteiger partial charge in [-0.2, -0.15) is 0 Å². The topological polar surface area (TPSA) is 40.5 Å². The number of amides is 1. The zero-order valence-electron chi connectivity index (χ0n) is 13.8. The summed E-state index contributed by atoms with van der Waals surface area (Å²) in [6.07, 6.45) is 2.00. The van der Waals surface area contributed by atoms with Crippen LogP contribution in [0.15, 0.2) is 72.8 Å². The van der Waals surface area contributed by atoms with Crippen LogP contribution in [-0.2, 0) is 0 Å². The van der Waals surface area contributed by atoms with Gasteiger partial charge in [0.05, 0.1) is 11.3 Å². The number of nitrogens with zero attached hydrogens (tertiary/aromatic N) is 1. The van der Waals surface area contributed by atoms with Crippen molar-refractivity contribution < 1.29 is 9.90 Å². The first kappa shape index (κ1) is 15.2. The van der Waals surface area contributed by atoms with E-state index in [1.807, 2.05) is 67.6 Å². The third-order valence-electron chi connectivity index (χ3n) is 4.35. The molecule has 25 heavy (non-hydrogen) atoms. The Labute approximate surface area is 146 Å². The lowest BCUT2D eigenvalue weighted by Crippen LogP contribution is -2.22. The molecule has 1 aliphatic rings. The van der Waals surface area contributed by atoms with Crippen LogP contribution in [0.4, 0.5) is 5.69 Å². The van der Waals surface area contributed by atoms with Gasteiger partial charge in [0.15, 0.2) is 0 Å². The normalized spacial score (nSPS) is 14.8. The molecule has 1 N–H and O–H groups in total. The first-order valence-corrected chi connectivity index (χ1v) is 8.15. The average molecular weight is 327 g/mol. The number of rotatable bonds is 2. The number of carbonyl (C=O) groups excluding carboxylic acids is 1. The zero-order valence-corrected chi connectivity index (χ0v) is 13.8. The molecule has 0 saturated carbocycles. The molecular formula is C22H17NO2. The Morgan fingerprint density at radius 2 is 1.60 bits per heavy atom. The highest BCUT2D eigenvalue weighted by atomic mass is 16.3. The van der Waals surface area contributed by atoms with Gasteiger partial charge < -0.3 is 5.11 Å². The summed E-state index contributed by atoms with van der Waals surface area (Å²) in [7, 11) is 0. The minimum absolute atomic E-state index is 0.0944. The van der Waals surface area contributed by atoms with Gasteiger partial charge in [-0.3, -0.25) is 9.69 Å². The van der Waals surface area contributed by atoms with Crippen LogP contribution in [0.5, 0.6) is 5.75 Å². The molecule has 0 fully saturated rings. The Balaban J connectivity index is 1.91.